The van der Waals surface area contributed by atoms with Gasteiger partial charge in [0.05, 0.1) is 0 Å². The van der Waals surface area contributed by atoms with Crippen molar-refractivity contribution in [1.29, 1.82) is 0 Å². The first-order valence-corrected chi connectivity index (χ1v) is 7.70. The molecule has 4 nitrogen and oxygen atoms in total. The number of likely N-dealkylation sites (tertiary alicyclic amines) is 1. The number of piperidine rings is 1. The molecule has 0 aliphatic carbocycles. The van der Waals surface area contributed by atoms with E-state index in [0.29, 0.717) is 17.8 Å². The fourth-order valence-electron chi connectivity index (χ4n) is 3.38. The highest BCUT2D eigenvalue weighted by atomic mass is 19.1. The van der Waals surface area contributed by atoms with E-state index in [1.54, 1.807) is 6.07 Å². The van der Waals surface area contributed by atoms with Gasteiger partial charge in [-0.2, -0.15) is 0 Å². The number of benzene rings is 1. The van der Waals surface area contributed by atoms with E-state index in [1.807, 2.05) is 18.7 Å². The van der Waals surface area contributed by atoms with Gasteiger partial charge in [0.1, 0.15) is 11.5 Å². The molecule has 2 N–H and O–H groups in total. The Hall–Kier alpha value is -1.88. The number of amides is 1. The Morgan fingerprint density at radius 1 is 1.45 bits per heavy atom. The monoisotopic (exact) mass is 304 g/mol. The second kappa shape index (κ2) is 5.72. The second-order valence-corrected chi connectivity index (χ2v) is 6.29. The molecule has 0 bridgehead atoms. The lowest BCUT2D eigenvalue weighted by atomic mass is 9.92. The number of nitrogens with one attached hydrogen (secondary N) is 1. The van der Waals surface area contributed by atoms with Crippen molar-refractivity contribution in [2.75, 3.05) is 13.2 Å². The van der Waals surface area contributed by atoms with Crippen molar-refractivity contribution in [3.8, 4) is 0 Å². The van der Waals surface area contributed by atoms with Crippen molar-refractivity contribution in [2.45, 2.75) is 32.7 Å². The van der Waals surface area contributed by atoms with E-state index >= 15 is 0 Å². The summed E-state index contributed by atoms with van der Waals surface area (Å²) < 4.78 is 13.5. The predicted molar refractivity (Wildman–Crippen MR) is 83.3 cm³/mol. The smallest absolute Gasteiger partial charge is 0.270 e. The van der Waals surface area contributed by atoms with Crippen LogP contribution in [0.15, 0.2) is 18.2 Å². The maximum Gasteiger partial charge on any atom is 0.270 e. The Kier molecular flexibility index (Phi) is 3.91. The van der Waals surface area contributed by atoms with Crippen molar-refractivity contribution >= 4 is 16.8 Å². The van der Waals surface area contributed by atoms with Crippen molar-refractivity contribution in [2.24, 2.45) is 5.92 Å². The topological polar surface area (TPSA) is 56.3 Å². The van der Waals surface area contributed by atoms with Crippen LogP contribution in [0.5, 0.6) is 0 Å². The highest BCUT2D eigenvalue weighted by Crippen LogP contribution is 2.26. The van der Waals surface area contributed by atoms with Gasteiger partial charge in [0.25, 0.3) is 5.91 Å². The van der Waals surface area contributed by atoms with Crippen molar-refractivity contribution in [3.63, 3.8) is 0 Å². The molecule has 3 rings (SSSR count). The predicted octanol–water partition coefficient (Wildman–Crippen LogP) is 2.85. The van der Waals surface area contributed by atoms with Gasteiger partial charge in [-0.15, -0.1) is 0 Å². The van der Waals surface area contributed by atoms with Crippen molar-refractivity contribution in [1.82, 2.24) is 9.88 Å². The molecule has 2 heterocycles. The summed E-state index contributed by atoms with van der Waals surface area (Å²) in [7, 11) is 0. The molecule has 1 amide bonds. The lowest BCUT2D eigenvalue weighted by Gasteiger charge is -2.36. The standard InChI is InChI=1S/C17H21FN2O2/c1-10-5-13(18)7-15-14(10)8-16(19-15)17(22)20-4-3-12(9-21)6-11(20)2/h5,7-8,11-12,19,21H,3-4,6,9H2,1-2H3/t11-,12-/m0/s1. The van der Waals surface area contributed by atoms with Crippen LogP contribution in [-0.2, 0) is 0 Å². The summed E-state index contributed by atoms with van der Waals surface area (Å²) in [5.74, 6) is -0.0824. The SMILES string of the molecule is Cc1cc(F)cc2[nH]c(C(=O)N3CC[C@H](CO)C[C@@H]3C)cc12. The number of halogens is 1. The van der Waals surface area contributed by atoms with Crippen LogP contribution in [0.2, 0.25) is 0 Å². The molecular formula is C17H21FN2O2. The van der Waals surface area contributed by atoms with Crippen LogP contribution in [0.25, 0.3) is 10.9 Å². The fraction of sp³-hybridized carbons (Fsp3) is 0.471. The molecular weight excluding hydrogens is 283 g/mol. The zero-order chi connectivity index (χ0) is 15.9. The zero-order valence-electron chi connectivity index (χ0n) is 12.9. The number of aromatic amines is 1. The summed E-state index contributed by atoms with van der Waals surface area (Å²) in [6.07, 6.45) is 1.64. The number of hydrogen-bond acceptors (Lipinski definition) is 2. The highest BCUT2D eigenvalue weighted by Gasteiger charge is 2.29. The molecule has 1 aromatic carbocycles. The Bertz CT molecular complexity index is 710. The molecule has 0 saturated carbocycles. The number of hydrogen-bond donors (Lipinski definition) is 2. The van der Waals surface area contributed by atoms with Gasteiger partial charge < -0.3 is 15.0 Å². The van der Waals surface area contributed by atoms with E-state index in [0.717, 1.165) is 23.8 Å². The number of carbonyl (C=O) groups is 1. The van der Waals surface area contributed by atoms with E-state index in [4.69, 9.17) is 0 Å². The van der Waals surface area contributed by atoms with Crippen LogP contribution < -0.4 is 0 Å². The first-order chi connectivity index (χ1) is 10.5. The minimum Gasteiger partial charge on any atom is -0.396 e. The first-order valence-electron chi connectivity index (χ1n) is 7.70. The molecule has 1 aliphatic heterocycles. The van der Waals surface area contributed by atoms with Gasteiger partial charge in [-0.05, 0) is 56.4 Å². The van der Waals surface area contributed by atoms with Crippen molar-refractivity contribution in [3.05, 3.63) is 35.3 Å². The molecule has 2 aromatic rings. The van der Waals surface area contributed by atoms with Crippen molar-refractivity contribution < 1.29 is 14.3 Å². The number of aromatic nitrogens is 1. The summed E-state index contributed by atoms with van der Waals surface area (Å²) in [4.78, 5) is 17.6. The molecule has 1 aromatic heterocycles. The molecule has 0 unspecified atom stereocenters. The number of aliphatic hydroxyl groups excluding tert-OH is 1. The number of aliphatic hydroxyl groups is 1. The Morgan fingerprint density at radius 2 is 2.23 bits per heavy atom. The van der Waals surface area contributed by atoms with E-state index < -0.39 is 0 Å². The average molecular weight is 304 g/mol. The van der Waals surface area contributed by atoms with Gasteiger partial charge in [0.2, 0.25) is 0 Å². The average Bonchev–Trinajstić information content (AvgIpc) is 2.90. The number of nitrogens with zero attached hydrogens (tertiary/aromatic N) is 1. The maximum atomic E-state index is 13.5. The first kappa shape index (κ1) is 15.0. The Morgan fingerprint density at radius 3 is 2.91 bits per heavy atom. The lowest BCUT2D eigenvalue weighted by molar-refractivity contribution is 0.0510. The minimum atomic E-state index is -0.303. The summed E-state index contributed by atoms with van der Waals surface area (Å²) in [5, 5.41) is 10.1. The van der Waals surface area contributed by atoms with Crippen LogP contribution in [0.4, 0.5) is 4.39 Å². The number of rotatable bonds is 2. The zero-order valence-corrected chi connectivity index (χ0v) is 12.9. The summed E-state index contributed by atoms with van der Waals surface area (Å²) in [6, 6.07) is 4.79. The molecule has 0 spiro atoms. The lowest BCUT2D eigenvalue weighted by Crippen LogP contribution is -2.45. The van der Waals surface area contributed by atoms with Crippen LogP contribution in [-0.4, -0.2) is 40.1 Å². The summed E-state index contributed by atoms with van der Waals surface area (Å²) >= 11 is 0. The maximum absolute atomic E-state index is 13.5. The fourth-order valence-corrected chi connectivity index (χ4v) is 3.38. The summed E-state index contributed by atoms with van der Waals surface area (Å²) in [5.41, 5.74) is 1.97. The van der Waals surface area contributed by atoms with Crippen LogP contribution >= 0.6 is 0 Å². The third kappa shape index (κ3) is 2.61. The molecule has 1 fully saturated rings. The number of aryl methyl sites for hydroxylation is 1. The molecule has 0 radical (unpaired) electrons. The molecule has 2 atom stereocenters. The van der Waals surface area contributed by atoms with E-state index in [1.165, 1.54) is 12.1 Å². The normalized spacial score (nSPS) is 22.3. The molecule has 5 heteroatoms. The van der Waals surface area contributed by atoms with E-state index in [2.05, 4.69) is 4.98 Å². The second-order valence-electron chi connectivity index (χ2n) is 6.29. The third-order valence-electron chi connectivity index (χ3n) is 4.64. The number of fused-ring (bicyclic) bond motifs is 1. The summed E-state index contributed by atoms with van der Waals surface area (Å²) in [6.45, 7) is 4.67. The quantitative estimate of drug-likeness (QED) is 0.896. The Labute approximate surface area is 128 Å². The van der Waals surface area contributed by atoms with Gasteiger partial charge in [0.15, 0.2) is 0 Å². The molecule has 1 aliphatic rings. The molecule has 22 heavy (non-hydrogen) atoms. The van der Waals surface area contributed by atoms with Gasteiger partial charge in [-0.1, -0.05) is 0 Å². The van der Waals surface area contributed by atoms with Crippen LogP contribution in [0.3, 0.4) is 0 Å². The van der Waals surface area contributed by atoms with Crippen LogP contribution in [0.1, 0.15) is 35.8 Å². The van der Waals surface area contributed by atoms with Gasteiger partial charge in [-0.3, -0.25) is 4.79 Å². The minimum absolute atomic E-state index is 0.0557. The van der Waals surface area contributed by atoms with Gasteiger partial charge in [0, 0.05) is 30.1 Å². The number of H-pyrrole nitrogens is 1. The molecule has 1 saturated heterocycles. The van der Waals surface area contributed by atoms with Gasteiger partial charge >= 0.3 is 0 Å². The molecule has 118 valence electrons. The highest BCUT2D eigenvalue weighted by molar-refractivity contribution is 5.99. The largest absolute Gasteiger partial charge is 0.396 e. The van der Waals surface area contributed by atoms with E-state index in [9.17, 15) is 14.3 Å². The third-order valence-corrected chi connectivity index (χ3v) is 4.64. The van der Waals surface area contributed by atoms with Gasteiger partial charge in [-0.25, -0.2) is 4.39 Å². The Balaban J connectivity index is 1.88. The number of carbonyl (C=O) groups excluding carboxylic acids is 1. The van der Waals surface area contributed by atoms with E-state index in [-0.39, 0.29) is 30.3 Å². The van der Waals surface area contributed by atoms with Crippen LogP contribution in [0, 0.1) is 18.7 Å².